The minimum Gasteiger partial charge on any atom is -0.371 e. The van der Waals surface area contributed by atoms with Gasteiger partial charge in [0.2, 0.25) is 6.23 Å². The van der Waals surface area contributed by atoms with E-state index >= 15 is 0 Å². The van der Waals surface area contributed by atoms with Gasteiger partial charge in [0.1, 0.15) is 5.71 Å². The second kappa shape index (κ2) is 7.88. The number of rotatable bonds is 4. The average Bonchev–Trinajstić information content (AvgIpc) is 2.74. The lowest BCUT2D eigenvalue weighted by atomic mass is 9.92. The van der Waals surface area contributed by atoms with E-state index in [2.05, 4.69) is 22.2 Å². The first-order chi connectivity index (χ1) is 13.2. The highest BCUT2D eigenvalue weighted by Gasteiger charge is 2.34. The van der Waals surface area contributed by atoms with Gasteiger partial charge in [-0.25, -0.2) is 0 Å². The molecular formula is C21H23N3O3. The number of benzene rings is 2. The van der Waals surface area contributed by atoms with E-state index in [4.69, 9.17) is 4.84 Å². The Kier molecular flexibility index (Phi) is 5.16. The van der Waals surface area contributed by atoms with Crippen molar-refractivity contribution in [3.05, 3.63) is 75.8 Å². The standard InChI is InChI=1S/C21H23N3O3/c25-24(26)19-13-11-16(12-14-19)20-15-23(18-9-5-2-6-10-18)21(27-22-20)17-7-3-1-4-8-17/h1,3-4,7-8,11-14,18,21H,2,5-6,9-10,15H2. The van der Waals surface area contributed by atoms with Gasteiger partial charge in [0.25, 0.3) is 5.69 Å². The molecular weight excluding hydrogens is 342 g/mol. The maximum atomic E-state index is 10.9. The molecule has 0 amide bonds. The summed E-state index contributed by atoms with van der Waals surface area (Å²) in [6, 6.07) is 17.2. The van der Waals surface area contributed by atoms with Crippen molar-refractivity contribution >= 4 is 11.4 Å². The summed E-state index contributed by atoms with van der Waals surface area (Å²) in [6.45, 7) is 0.683. The third kappa shape index (κ3) is 3.85. The Morgan fingerprint density at radius 1 is 1.00 bits per heavy atom. The number of hydrogen-bond acceptors (Lipinski definition) is 5. The molecule has 1 aliphatic heterocycles. The Morgan fingerprint density at radius 2 is 1.70 bits per heavy atom. The van der Waals surface area contributed by atoms with E-state index in [1.165, 1.54) is 44.2 Å². The fourth-order valence-electron chi connectivity index (χ4n) is 3.98. The Balaban J connectivity index is 1.62. The van der Waals surface area contributed by atoms with Gasteiger partial charge < -0.3 is 4.84 Å². The van der Waals surface area contributed by atoms with Crippen LogP contribution in [0.4, 0.5) is 5.69 Å². The molecule has 1 saturated carbocycles. The molecule has 1 heterocycles. The van der Waals surface area contributed by atoms with Crippen molar-refractivity contribution in [3.63, 3.8) is 0 Å². The molecule has 0 spiro atoms. The minimum absolute atomic E-state index is 0.0855. The molecule has 27 heavy (non-hydrogen) atoms. The van der Waals surface area contributed by atoms with E-state index < -0.39 is 0 Å². The second-order valence-corrected chi connectivity index (χ2v) is 7.17. The van der Waals surface area contributed by atoms with Crippen LogP contribution in [0.25, 0.3) is 0 Å². The predicted octanol–water partition coefficient (Wildman–Crippen LogP) is 4.66. The zero-order chi connectivity index (χ0) is 18.6. The smallest absolute Gasteiger partial charge is 0.269 e. The molecule has 6 heteroatoms. The molecule has 2 aromatic rings. The number of non-ortho nitro benzene ring substituents is 1. The van der Waals surface area contributed by atoms with E-state index in [0.29, 0.717) is 12.6 Å². The lowest BCUT2D eigenvalue weighted by Crippen LogP contribution is -2.46. The van der Waals surface area contributed by atoms with Crippen LogP contribution < -0.4 is 0 Å². The van der Waals surface area contributed by atoms with Crippen molar-refractivity contribution in [1.82, 2.24) is 4.90 Å². The fraction of sp³-hybridized carbons (Fsp3) is 0.381. The fourth-order valence-corrected chi connectivity index (χ4v) is 3.98. The van der Waals surface area contributed by atoms with Gasteiger partial charge in [0.15, 0.2) is 0 Å². The zero-order valence-electron chi connectivity index (χ0n) is 15.2. The molecule has 0 aromatic heterocycles. The summed E-state index contributed by atoms with van der Waals surface area (Å²) < 4.78 is 0. The molecule has 0 N–H and O–H groups in total. The number of hydrogen-bond donors (Lipinski definition) is 0. The van der Waals surface area contributed by atoms with Crippen molar-refractivity contribution in [2.75, 3.05) is 6.54 Å². The number of oxime groups is 1. The molecule has 1 aliphatic carbocycles. The van der Waals surface area contributed by atoms with E-state index in [-0.39, 0.29) is 16.8 Å². The summed E-state index contributed by atoms with van der Waals surface area (Å²) in [6.07, 6.45) is 5.93. The highest BCUT2D eigenvalue weighted by Crippen LogP contribution is 2.34. The van der Waals surface area contributed by atoms with Gasteiger partial charge in [0.05, 0.1) is 4.92 Å². The minimum atomic E-state index is -0.386. The van der Waals surface area contributed by atoms with E-state index in [9.17, 15) is 10.1 Å². The Labute approximate surface area is 158 Å². The topological polar surface area (TPSA) is 68.0 Å². The van der Waals surface area contributed by atoms with Crippen LogP contribution in [0.15, 0.2) is 59.8 Å². The molecule has 2 aliphatic rings. The molecule has 140 valence electrons. The van der Waals surface area contributed by atoms with Gasteiger partial charge in [-0.05, 0) is 25.0 Å². The predicted molar refractivity (Wildman–Crippen MR) is 103 cm³/mol. The quantitative estimate of drug-likeness (QED) is 0.584. The summed E-state index contributed by atoms with van der Waals surface area (Å²) >= 11 is 0. The van der Waals surface area contributed by atoms with Gasteiger partial charge in [-0.2, -0.15) is 0 Å². The SMILES string of the molecule is O=[N+]([O-])c1ccc(C2=NOC(c3ccccc3)N(C3CCCCC3)C2)cc1. The molecule has 0 saturated heterocycles. The van der Waals surface area contributed by atoms with Gasteiger partial charge in [-0.3, -0.25) is 15.0 Å². The van der Waals surface area contributed by atoms with E-state index in [0.717, 1.165) is 16.8 Å². The van der Waals surface area contributed by atoms with E-state index in [1.54, 1.807) is 12.1 Å². The van der Waals surface area contributed by atoms with Gasteiger partial charge in [-0.15, -0.1) is 0 Å². The third-order valence-corrected chi connectivity index (χ3v) is 5.44. The van der Waals surface area contributed by atoms with Gasteiger partial charge in [-0.1, -0.05) is 54.8 Å². The first kappa shape index (κ1) is 17.7. The normalized spacial score (nSPS) is 21.3. The van der Waals surface area contributed by atoms with E-state index in [1.807, 2.05) is 18.2 Å². The maximum Gasteiger partial charge on any atom is 0.269 e. The van der Waals surface area contributed by atoms with Crippen LogP contribution in [-0.4, -0.2) is 28.1 Å². The van der Waals surface area contributed by atoms with Crippen LogP contribution in [-0.2, 0) is 4.84 Å². The lowest BCUT2D eigenvalue weighted by molar-refractivity contribution is -0.384. The Bertz CT molecular complexity index is 814. The van der Waals surface area contributed by atoms with Gasteiger partial charge in [0, 0.05) is 35.8 Å². The van der Waals surface area contributed by atoms with Crippen LogP contribution in [0, 0.1) is 10.1 Å². The molecule has 0 radical (unpaired) electrons. The molecule has 6 nitrogen and oxygen atoms in total. The summed E-state index contributed by atoms with van der Waals surface area (Å²) in [5.74, 6) is 0. The second-order valence-electron chi connectivity index (χ2n) is 7.17. The summed E-state index contributed by atoms with van der Waals surface area (Å²) in [5, 5.41) is 15.3. The maximum absolute atomic E-state index is 10.9. The third-order valence-electron chi connectivity index (χ3n) is 5.44. The molecule has 4 rings (SSSR count). The van der Waals surface area contributed by atoms with Crippen molar-refractivity contribution in [2.45, 2.75) is 44.4 Å². The van der Waals surface area contributed by atoms with Gasteiger partial charge >= 0.3 is 0 Å². The summed E-state index contributed by atoms with van der Waals surface area (Å²) in [4.78, 5) is 18.9. The number of nitro groups is 1. The Hall–Kier alpha value is -2.73. The van der Waals surface area contributed by atoms with Crippen molar-refractivity contribution < 1.29 is 9.76 Å². The van der Waals surface area contributed by atoms with Crippen molar-refractivity contribution in [1.29, 1.82) is 0 Å². The lowest BCUT2D eigenvalue weighted by Gasteiger charge is -2.41. The number of nitrogens with zero attached hydrogens (tertiary/aromatic N) is 3. The largest absolute Gasteiger partial charge is 0.371 e. The highest BCUT2D eigenvalue weighted by molar-refractivity contribution is 6.02. The molecule has 1 atom stereocenters. The monoisotopic (exact) mass is 365 g/mol. The first-order valence-electron chi connectivity index (χ1n) is 9.50. The van der Waals surface area contributed by atoms with Crippen LogP contribution in [0.1, 0.15) is 49.5 Å². The van der Waals surface area contributed by atoms with Crippen molar-refractivity contribution in [3.8, 4) is 0 Å². The molecule has 0 bridgehead atoms. The first-order valence-corrected chi connectivity index (χ1v) is 9.50. The van der Waals surface area contributed by atoms with Crippen LogP contribution in [0.3, 0.4) is 0 Å². The molecule has 1 fully saturated rings. The average molecular weight is 365 g/mol. The summed E-state index contributed by atoms with van der Waals surface area (Å²) in [7, 11) is 0. The van der Waals surface area contributed by atoms with Crippen LogP contribution in [0.5, 0.6) is 0 Å². The van der Waals surface area contributed by atoms with Crippen molar-refractivity contribution in [2.24, 2.45) is 5.16 Å². The zero-order valence-corrected chi connectivity index (χ0v) is 15.2. The number of nitro benzene ring substituents is 1. The summed E-state index contributed by atoms with van der Waals surface area (Å²) in [5.41, 5.74) is 2.88. The molecule has 2 aromatic carbocycles. The Morgan fingerprint density at radius 3 is 2.37 bits per heavy atom. The van der Waals surface area contributed by atoms with Crippen LogP contribution in [0.2, 0.25) is 0 Å². The van der Waals surface area contributed by atoms with Crippen LogP contribution >= 0.6 is 0 Å². The molecule has 1 unspecified atom stereocenters. The highest BCUT2D eigenvalue weighted by atomic mass is 16.7.